The minimum Gasteiger partial charge on any atom is -0.444 e. The summed E-state index contributed by atoms with van der Waals surface area (Å²) in [5.41, 5.74) is -0.613. The lowest BCUT2D eigenvalue weighted by Gasteiger charge is -2.38. The van der Waals surface area contributed by atoms with Gasteiger partial charge in [-0.05, 0) is 64.2 Å². The predicted octanol–water partition coefficient (Wildman–Crippen LogP) is 5.88. The van der Waals surface area contributed by atoms with E-state index in [2.05, 4.69) is 4.03 Å². The Hall–Kier alpha value is -0.973. The van der Waals surface area contributed by atoms with Crippen LogP contribution in [-0.2, 0) is 21.2 Å². The average Bonchev–Trinajstić information content (AvgIpc) is 2.82. The highest BCUT2D eigenvalue weighted by atomic mass is 32.2. The Balaban J connectivity index is 2.34. The van der Waals surface area contributed by atoms with Crippen LogP contribution in [0.2, 0.25) is 18.1 Å². The van der Waals surface area contributed by atoms with Gasteiger partial charge in [0, 0.05) is 10.9 Å². The standard InChI is InChI=1S/C20H36FN3O3S2Si/c1-19(2,3)27-18(25)24(14-10-9-11-14)13-15-12-16(21)17(28-15)29(22,26)23-30(7,8)20(4,5)6/h12,14H,9-11,13H2,1-8H3,(H2,22,23,26). The van der Waals surface area contributed by atoms with Crippen LogP contribution in [0, 0.1) is 5.82 Å². The molecule has 172 valence electrons. The van der Waals surface area contributed by atoms with Gasteiger partial charge in [0.05, 0.1) is 6.54 Å². The Labute approximate surface area is 185 Å². The van der Waals surface area contributed by atoms with Gasteiger partial charge in [-0.2, -0.15) is 0 Å². The molecule has 1 aromatic heterocycles. The zero-order valence-corrected chi connectivity index (χ0v) is 22.0. The molecule has 1 aliphatic rings. The third-order valence-electron chi connectivity index (χ3n) is 5.64. The quantitative estimate of drug-likeness (QED) is 0.537. The van der Waals surface area contributed by atoms with Gasteiger partial charge in [-0.15, -0.1) is 11.3 Å². The minimum absolute atomic E-state index is 0.0416. The summed E-state index contributed by atoms with van der Waals surface area (Å²) < 4.78 is 38.0. The van der Waals surface area contributed by atoms with Crippen molar-refractivity contribution in [3.05, 3.63) is 16.8 Å². The normalized spacial score (nSPS) is 17.8. The Morgan fingerprint density at radius 3 is 2.33 bits per heavy atom. The van der Waals surface area contributed by atoms with Crippen molar-refractivity contribution in [2.24, 2.45) is 9.17 Å². The molecule has 0 spiro atoms. The van der Waals surface area contributed by atoms with Crippen LogP contribution in [0.3, 0.4) is 0 Å². The molecule has 0 bridgehead atoms. The molecule has 0 radical (unpaired) electrons. The summed E-state index contributed by atoms with van der Waals surface area (Å²) in [5.74, 6) is -0.622. The molecule has 2 rings (SSSR count). The van der Waals surface area contributed by atoms with Crippen molar-refractivity contribution in [2.75, 3.05) is 0 Å². The van der Waals surface area contributed by atoms with E-state index in [4.69, 9.17) is 9.88 Å². The van der Waals surface area contributed by atoms with Crippen LogP contribution in [0.1, 0.15) is 65.7 Å². The first-order valence-electron chi connectivity index (χ1n) is 10.3. The zero-order chi connectivity index (χ0) is 23.1. The van der Waals surface area contributed by atoms with Crippen molar-refractivity contribution in [2.45, 2.75) is 101 Å². The number of carbonyl (C=O) groups excluding carboxylic acids is 1. The molecule has 0 aliphatic heterocycles. The van der Waals surface area contributed by atoms with E-state index in [1.807, 2.05) is 54.6 Å². The fraction of sp³-hybridized carbons (Fsp3) is 0.750. The molecule has 1 fully saturated rings. The SMILES string of the molecule is CC(C)(C)OC(=O)N(Cc1cc(F)c(S(N)(=O)=N[Si](C)(C)C(C)(C)C)s1)C1CCC1. The number of rotatable bonds is 5. The second kappa shape index (κ2) is 8.52. The summed E-state index contributed by atoms with van der Waals surface area (Å²) in [5, 5.41) is 5.90. The number of halogens is 1. The second-order valence-corrected chi connectivity index (χ2v) is 18.8. The maximum Gasteiger partial charge on any atom is 0.410 e. The summed E-state index contributed by atoms with van der Waals surface area (Å²) in [7, 11) is -5.71. The lowest BCUT2D eigenvalue weighted by molar-refractivity contribution is 0.00487. The van der Waals surface area contributed by atoms with Crippen LogP contribution in [0.5, 0.6) is 0 Å². The van der Waals surface area contributed by atoms with Gasteiger partial charge in [0.1, 0.15) is 19.7 Å². The van der Waals surface area contributed by atoms with Crippen molar-refractivity contribution in [1.29, 1.82) is 0 Å². The molecule has 1 amide bonds. The number of thiophene rings is 1. The lowest BCUT2D eigenvalue weighted by Crippen LogP contribution is -2.45. The smallest absolute Gasteiger partial charge is 0.410 e. The van der Waals surface area contributed by atoms with Gasteiger partial charge in [-0.3, -0.25) is 4.03 Å². The van der Waals surface area contributed by atoms with Gasteiger partial charge >= 0.3 is 6.09 Å². The van der Waals surface area contributed by atoms with E-state index < -0.39 is 35.7 Å². The first-order valence-corrected chi connectivity index (χ1v) is 15.6. The Bertz CT molecular complexity index is 905. The molecular formula is C20H36FN3O3S2Si. The molecule has 1 heterocycles. The number of ether oxygens (including phenoxy) is 1. The van der Waals surface area contributed by atoms with Gasteiger partial charge in [0.2, 0.25) is 0 Å². The lowest BCUT2D eigenvalue weighted by atomic mass is 9.91. The van der Waals surface area contributed by atoms with E-state index in [-0.39, 0.29) is 21.8 Å². The van der Waals surface area contributed by atoms with Crippen molar-refractivity contribution < 1.29 is 18.1 Å². The highest BCUT2D eigenvalue weighted by molar-refractivity contribution is 7.94. The number of hydrogen-bond acceptors (Lipinski definition) is 5. The van der Waals surface area contributed by atoms with Crippen LogP contribution in [0.4, 0.5) is 9.18 Å². The van der Waals surface area contributed by atoms with Crippen LogP contribution in [-0.4, -0.2) is 35.1 Å². The fourth-order valence-electron chi connectivity index (χ4n) is 2.72. The molecule has 0 saturated heterocycles. The Morgan fingerprint density at radius 1 is 1.33 bits per heavy atom. The van der Waals surface area contributed by atoms with Crippen molar-refractivity contribution >= 4 is 35.6 Å². The van der Waals surface area contributed by atoms with E-state index in [1.165, 1.54) is 6.07 Å². The maximum absolute atomic E-state index is 14.8. The molecule has 1 unspecified atom stereocenters. The second-order valence-electron chi connectivity index (χ2n) is 10.5. The molecule has 1 aliphatic carbocycles. The van der Waals surface area contributed by atoms with E-state index in [1.54, 1.807) is 4.90 Å². The van der Waals surface area contributed by atoms with Gasteiger partial charge in [0.15, 0.2) is 14.1 Å². The average molecular weight is 478 g/mol. The van der Waals surface area contributed by atoms with Crippen molar-refractivity contribution in [1.82, 2.24) is 4.90 Å². The highest BCUT2D eigenvalue weighted by Gasteiger charge is 2.38. The van der Waals surface area contributed by atoms with E-state index in [9.17, 15) is 13.4 Å². The molecule has 0 aromatic carbocycles. The summed E-state index contributed by atoms with van der Waals surface area (Å²) in [6, 6.07) is 1.40. The molecule has 6 nitrogen and oxygen atoms in total. The summed E-state index contributed by atoms with van der Waals surface area (Å²) >= 11 is 1.04. The molecule has 30 heavy (non-hydrogen) atoms. The number of carbonyl (C=O) groups is 1. The van der Waals surface area contributed by atoms with Gasteiger partial charge in [0.25, 0.3) is 0 Å². The topological polar surface area (TPSA) is 85.0 Å². The predicted molar refractivity (Wildman–Crippen MR) is 124 cm³/mol. The van der Waals surface area contributed by atoms with E-state index in [0.29, 0.717) is 4.88 Å². The molecule has 1 aromatic rings. The van der Waals surface area contributed by atoms with Crippen LogP contribution < -0.4 is 5.14 Å². The zero-order valence-electron chi connectivity index (χ0n) is 19.4. The molecule has 1 saturated carbocycles. The van der Waals surface area contributed by atoms with E-state index >= 15 is 0 Å². The number of hydrogen-bond donors (Lipinski definition) is 1. The minimum atomic E-state index is -3.36. The van der Waals surface area contributed by atoms with E-state index in [0.717, 1.165) is 30.6 Å². The molecule has 2 N–H and O–H groups in total. The van der Waals surface area contributed by atoms with Crippen molar-refractivity contribution in [3.63, 3.8) is 0 Å². The largest absolute Gasteiger partial charge is 0.444 e. The fourth-order valence-corrected chi connectivity index (χ4v) is 9.09. The highest BCUT2D eigenvalue weighted by Crippen LogP contribution is 2.39. The first-order chi connectivity index (χ1) is 13.4. The number of nitrogens with two attached hydrogens (primary N) is 1. The maximum atomic E-state index is 14.8. The number of nitrogens with zero attached hydrogens (tertiary/aromatic N) is 2. The van der Waals surface area contributed by atoms with Crippen LogP contribution in [0.15, 0.2) is 14.3 Å². The first kappa shape index (κ1) is 25.3. The third kappa shape index (κ3) is 6.05. The third-order valence-corrected chi connectivity index (χ3v) is 14.8. The monoisotopic (exact) mass is 477 g/mol. The number of amides is 1. The molecule has 1 atom stereocenters. The summed E-state index contributed by atoms with van der Waals surface area (Å²) in [6.45, 7) is 15.7. The Morgan fingerprint density at radius 2 is 1.90 bits per heavy atom. The molecular weight excluding hydrogens is 441 g/mol. The van der Waals surface area contributed by atoms with Gasteiger partial charge < -0.3 is 9.64 Å². The molecule has 10 heteroatoms. The summed E-state index contributed by atoms with van der Waals surface area (Å²) in [4.78, 5) is 14.9. The van der Waals surface area contributed by atoms with Gasteiger partial charge in [-0.1, -0.05) is 20.8 Å². The summed E-state index contributed by atoms with van der Waals surface area (Å²) in [6.07, 6.45) is 2.43. The van der Waals surface area contributed by atoms with Gasteiger partial charge in [-0.25, -0.2) is 18.5 Å². The van der Waals surface area contributed by atoms with Crippen LogP contribution in [0.25, 0.3) is 0 Å². The Kier molecular flexibility index (Phi) is 7.18. The van der Waals surface area contributed by atoms with Crippen molar-refractivity contribution in [3.8, 4) is 0 Å². The van der Waals surface area contributed by atoms with Crippen LogP contribution >= 0.6 is 11.3 Å².